The summed E-state index contributed by atoms with van der Waals surface area (Å²) in [6.07, 6.45) is 4.27. The maximum atomic E-state index is 11.1. The molecule has 0 aliphatic carbocycles. The Hall–Kier alpha value is -2.34. The summed E-state index contributed by atoms with van der Waals surface area (Å²) in [5, 5.41) is 10.7. The van der Waals surface area contributed by atoms with Gasteiger partial charge in [0.15, 0.2) is 0 Å². The molecular weight excluding hydrogens is 286 g/mol. The molecule has 0 bridgehead atoms. The number of nitro groups is 1. The summed E-state index contributed by atoms with van der Waals surface area (Å²) in [5.41, 5.74) is 0.419. The molecule has 20 heavy (non-hydrogen) atoms. The maximum Gasteiger partial charge on any atom is 0.333 e. The number of benzene rings is 1. The van der Waals surface area contributed by atoms with E-state index in [1.807, 2.05) is 0 Å². The largest absolute Gasteiger partial charge is 0.464 e. The third-order valence-corrected chi connectivity index (χ3v) is 2.27. The van der Waals surface area contributed by atoms with Crippen molar-refractivity contribution in [2.45, 2.75) is 6.92 Å². The van der Waals surface area contributed by atoms with E-state index in [0.717, 1.165) is 18.5 Å². The Morgan fingerprint density at radius 2 is 2.25 bits per heavy atom. The van der Waals surface area contributed by atoms with Gasteiger partial charge in [0.05, 0.1) is 23.9 Å². The molecule has 0 spiro atoms. The number of ether oxygens (including phenoxy) is 2. The molecule has 0 atom stereocenters. The minimum absolute atomic E-state index is 0.265. The van der Waals surface area contributed by atoms with Gasteiger partial charge in [-0.2, -0.15) is 0 Å². The van der Waals surface area contributed by atoms with Crippen molar-refractivity contribution in [1.29, 1.82) is 0 Å². The van der Waals surface area contributed by atoms with Gasteiger partial charge in [0.1, 0.15) is 5.75 Å². The average Bonchev–Trinajstić information content (AvgIpc) is 2.38. The second-order valence-corrected chi connectivity index (χ2v) is 3.89. The van der Waals surface area contributed by atoms with E-state index in [2.05, 4.69) is 4.74 Å². The highest BCUT2D eigenvalue weighted by Crippen LogP contribution is 2.24. The molecule has 1 aromatic rings. The van der Waals surface area contributed by atoms with Gasteiger partial charge < -0.3 is 9.47 Å². The third kappa shape index (κ3) is 5.53. The Labute approximate surface area is 120 Å². The van der Waals surface area contributed by atoms with E-state index in [1.165, 1.54) is 18.2 Å². The van der Waals surface area contributed by atoms with Gasteiger partial charge in [-0.15, -0.1) is 0 Å². The van der Waals surface area contributed by atoms with Gasteiger partial charge in [0, 0.05) is 16.7 Å². The highest BCUT2D eigenvalue weighted by Gasteiger charge is 2.03. The van der Waals surface area contributed by atoms with Gasteiger partial charge >= 0.3 is 5.97 Å². The van der Waals surface area contributed by atoms with E-state index in [0.29, 0.717) is 16.3 Å². The summed E-state index contributed by atoms with van der Waals surface area (Å²) in [6, 6.07) is 4.62. The smallest absolute Gasteiger partial charge is 0.333 e. The molecule has 0 aromatic heterocycles. The Morgan fingerprint density at radius 1 is 1.50 bits per heavy atom. The SMILES string of the molecule is CCOC(=O)/C=C/Oc1ccc(Cl)cc1/C=C/[N+](=O)[O-]. The maximum absolute atomic E-state index is 11.1. The van der Waals surface area contributed by atoms with Gasteiger partial charge in [-0.1, -0.05) is 11.6 Å². The lowest BCUT2D eigenvalue weighted by molar-refractivity contribution is -0.400. The number of hydrogen-bond acceptors (Lipinski definition) is 5. The van der Waals surface area contributed by atoms with Crippen LogP contribution in [0.25, 0.3) is 6.08 Å². The zero-order chi connectivity index (χ0) is 15.0. The van der Waals surface area contributed by atoms with Crippen molar-refractivity contribution in [3.05, 3.63) is 57.4 Å². The minimum Gasteiger partial charge on any atom is -0.464 e. The van der Waals surface area contributed by atoms with Gasteiger partial charge in [-0.3, -0.25) is 10.1 Å². The molecule has 0 aliphatic heterocycles. The molecule has 0 fully saturated rings. The van der Waals surface area contributed by atoms with Crippen molar-refractivity contribution >= 4 is 23.6 Å². The van der Waals surface area contributed by atoms with Crippen LogP contribution in [0, 0.1) is 10.1 Å². The highest BCUT2D eigenvalue weighted by molar-refractivity contribution is 6.30. The minimum atomic E-state index is -0.598. The number of nitrogens with zero attached hydrogens (tertiary/aromatic N) is 1. The van der Waals surface area contributed by atoms with Gasteiger partial charge in [-0.25, -0.2) is 4.79 Å². The van der Waals surface area contributed by atoms with Crippen molar-refractivity contribution in [1.82, 2.24) is 0 Å². The molecule has 106 valence electrons. The molecule has 0 radical (unpaired) electrons. The van der Waals surface area contributed by atoms with Gasteiger partial charge in [-0.05, 0) is 25.1 Å². The fraction of sp³-hybridized carbons (Fsp3) is 0.154. The molecule has 0 heterocycles. The van der Waals surface area contributed by atoms with Crippen LogP contribution in [0.15, 0.2) is 36.7 Å². The Morgan fingerprint density at radius 3 is 2.90 bits per heavy atom. The molecule has 7 heteroatoms. The first-order chi connectivity index (χ1) is 9.52. The molecule has 0 amide bonds. The lowest BCUT2D eigenvalue weighted by atomic mass is 10.2. The molecule has 1 aromatic carbocycles. The van der Waals surface area contributed by atoms with Crippen molar-refractivity contribution in [2.24, 2.45) is 0 Å². The predicted molar refractivity (Wildman–Crippen MR) is 73.9 cm³/mol. The molecule has 0 aliphatic rings. The summed E-state index contributed by atoms with van der Waals surface area (Å²) in [6.45, 7) is 1.95. The fourth-order valence-corrected chi connectivity index (χ4v) is 1.43. The van der Waals surface area contributed by atoms with Gasteiger partial charge in [0.2, 0.25) is 6.20 Å². The van der Waals surface area contributed by atoms with Crippen molar-refractivity contribution in [3.8, 4) is 5.75 Å². The predicted octanol–water partition coefficient (Wildman–Crippen LogP) is 3.04. The van der Waals surface area contributed by atoms with Crippen molar-refractivity contribution in [2.75, 3.05) is 6.61 Å². The van der Waals surface area contributed by atoms with Crippen LogP contribution >= 0.6 is 11.6 Å². The fourth-order valence-electron chi connectivity index (χ4n) is 1.25. The summed E-state index contributed by atoms with van der Waals surface area (Å²) in [7, 11) is 0. The Bertz CT molecular complexity index is 554. The Balaban J connectivity index is 2.84. The Kier molecular flexibility index (Phi) is 6.25. The number of carbonyl (C=O) groups excluding carboxylic acids is 1. The quantitative estimate of drug-likeness (QED) is 0.265. The summed E-state index contributed by atoms with van der Waals surface area (Å²) < 4.78 is 9.91. The number of halogens is 1. The molecule has 1 rings (SSSR count). The molecular formula is C13H12ClNO5. The lowest BCUT2D eigenvalue weighted by Gasteiger charge is -2.04. The second-order valence-electron chi connectivity index (χ2n) is 3.46. The molecule has 0 unspecified atom stereocenters. The standard InChI is InChI=1S/C13H12ClNO5/c1-2-19-13(16)6-8-20-12-4-3-11(14)9-10(12)5-7-15(17)18/h3-9H,2H2,1H3/b7-5+,8-6+. The topological polar surface area (TPSA) is 78.7 Å². The van der Waals surface area contributed by atoms with E-state index in [1.54, 1.807) is 13.0 Å². The molecule has 0 N–H and O–H groups in total. The lowest BCUT2D eigenvalue weighted by Crippen LogP contribution is -1.99. The third-order valence-electron chi connectivity index (χ3n) is 2.03. The number of rotatable bonds is 6. The summed E-state index contributed by atoms with van der Waals surface area (Å²) in [4.78, 5) is 20.8. The van der Waals surface area contributed by atoms with Crippen molar-refractivity contribution < 1.29 is 19.2 Å². The zero-order valence-corrected chi connectivity index (χ0v) is 11.4. The van der Waals surface area contributed by atoms with E-state index >= 15 is 0 Å². The first-order valence-corrected chi connectivity index (χ1v) is 6.02. The van der Waals surface area contributed by atoms with Crippen LogP contribution in [-0.2, 0) is 9.53 Å². The van der Waals surface area contributed by atoms with Crippen LogP contribution in [-0.4, -0.2) is 17.5 Å². The number of esters is 1. The first-order valence-electron chi connectivity index (χ1n) is 5.64. The molecule has 0 saturated carbocycles. The summed E-state index contributed by atoms with van der Waals surface area (Å²) in [5.74, 6) is -0.211. The number of carbonyl (C=O) groups is 1. The number of hydrogen-bond donors (Lipinski definition) is 0. The van der Waals surface area contributed by atoms with Crippen LogP contribution in [0.3, 0.4) is 0 Å². The normalized spacial score (nSPS) is 10.9. The average molecular weight is 298 g/mol. The van der Waals surface area contributed by atoms with E-state index in [9.17, 15) is 14.9 Å². The van der Waals surface area contributed by atoms with Crippen LogP contribution in [0.5, 0.6) is 5.75 Å². The van der Waals surface area contributed by atoms with Crippen LogP contribution in [0.2, 0.25) is 5.02 Å². The van der Waals surface area contributed by atoms with E-state index < -0.39 is 10.9 Å². The zero-order valence-electron chi connectivity index (χ0n) is 10.6. The van der Waals surface area contributed by atoms with Gasteiger partial charge in [0.25, 0.3) is 0 Å². The van der Waals surface area contributed by atoms with Crippen LogP contribution < -0.4 is 4.74 Å². The van der Waals surface area contributed by atoms with E-state index in [4.69, 9.17) is 16.3 Å². The van der Waals surface area contributed by atoms with E-state index in [-0.39, 0.29) is 6.61 Å². The van der Waals surface area contributed by atoms with Crippen LogP contribution in [0.4, 0.5) is 0 Å². The highest BCUT2D eigenvalue weighted by atomic mass is 35.5. The molecule has 0 saturated heterocycles. The molecule has 6 nitrogen and oxygen atoms in total. The second kappa shape index (κ2) is 7.96. The summed E-state index contributed by atoms with van der Waals surface area (Å²) >= 11 is 5.81. The van der Waals surface area contributed by atoms with Crippen LogP contribution in [0.1, 0.15) is 12.5 Å². The van der Waals surface area contributed by atoms with Crippen molar-refractivity contribution in [3.63, 3.8) is 0 Å². The monoisotopic (exact) mass is 297 g/mol. The first kappa shape index (κ1) is 15.7.